The summed E-state index contributed by atoms with van der Waals surface area (Å²) in [6, 6.07) is 5.76. The summed E-state index contributed by atoms with van der Waals surface area (Å²) in [6.07, 6.45) is 0. The Morgan fingerprint density at radius 2 is 2.21 bits per heavy atom. The van der Waals surface area contributed by atoms with Gasteiger partial charge < -0.3 is 9.73 Å². The SMILES string of the molecule is Clc1ccc2scnc2c1NCc1cc(Br)c(Br)o1. The second-order valence-electron chi connectivity index (χ2n) is 3.81. The summed E-state index contributed by atoms with van der Waals surface area (Å²) in [5.74, 6) is 0.807. The molecule has 1 N–H and O–H groups in total. The number of halogens is 3. The molecule has 0 radical (unpaired) electrons. The van der Waals surface area contributed by atoms with Crippen molar-refractivity contribution in [2.75, 3.05) is 5.32 Å². The first kappa shape index (κ1) is 13.4. The zero-order chi connectivity index (χ0) is 13.4. The normalized spacial score (nSPS) is 11.1. The van der Waals surface area contributed by atoms with E-state index in [9.17, 15) is 0 Å². The van der Waals surface area contributed by atoms with E-state index in [4.69, 9.17) is 16.0 Å². The molecule has 2 aromatic heterocycles. The van der Waals surface area contributed by atoms with E-state index < -0.39 is 0 Å². The molecule has 0 saturated heterocycles. The largest absolute Gasteiger partial charge is 0.451 e. The highest BCUT2D eigenvalue weighted by atomic mass is 79.9. The molecule has 0 atom stereocenters. The molecule has 0 aliphatic heterocycles. The van der Waals surface area contributed by atoms with Crippen LogP contribution in [0.25, 0.3) is 10.2 Å². The number of nitrogens with one attached hydrogen (secondary N) is 1. The maximum absolute atomic E-state index is 6.22. The Bertz CT molecular complexity index is 721. The van der Waals surface area contributed by atoms with E-state index in [0.717, 1.165) is 26.1 Å². The highest BCUT2D eigenvalue weighted by molar-refractivity contribution is 9.13. The molecular weight excluding hydrogens is 415 g/mol. The fraction of sp³-hybridized carbons (Fsp3) is 0.0833. The Hall–Kier alpha value is -0.560. The van der Waals surface area contributed by atoms with Crippen LogP contribution in [0.5, 0.6) is 0 Å². The average Bonchev–Trinajstić information content (AvgIpc) is 2.96. The number of hydrogen-bond acceptors (Lipinski definition) is 4. The predicted molar refractivity (Wildman–Crippen MR) is 86.1 cm³/mol. The van der Waals surface area contributed by atoms with E-state index in [1.165, 1.54) is 0 Å². The Labute approximate surface area is 135 Å². The predicted octanol–water partition coefficient (Wildman–Crippen LogP) is 5.68. The second kappa shape index (κ2) is 5.44. The van der Waals surface area contributed by atoms with Crippen LogP contribution < -0.4 is 5.32 Å². The van der Waals surface area contributed by atoms with Crippen molar-refractivity contribution >= 4 is 70.7 Å². The van der Waals surface area contributed by atoms with Gasteiger partial charge in [-0.25, -0.2) is 4.98 Å². The summed E-state index contributed by atoms with van der Waals surface area (Å²) in [7, 11) is 0. The number of hydrogen-bond donors (Lipinski definition) is 1. The summed E-state index contributed by atoms with van der Waals surface area (Å²) in [5, 5.41) is 3.93. The van der Waals surface area contributed by atoms with E-state index >= 15 is 0 Å². The van der Waals surface area contributed by atoms with Crippen molar-refractivity contribution in [2.24, 2.45) is 0 Å². The van der Waals surface area contributed by atoms with Crippen molar-refractivity contribution in [1.29, 1.82) is 0 Å². The number of nitrogens with zero attached hydrogens (tertiary/aromatic N) is 1. The number of aromatic nitrogens is 1. The van der Waals surface area contributed by atoms with Gasteiger partial charge in [0.15, 0.2) is 4.67 Å². The number of fused-ring (bicyclic) bond motifs is 1. The van der Waals surface area contributed by atoms with Crippen molar-refractivity contribution in [3.8, 4) is 0 Å². The molecule has 3 rings (SSSR count). The summed E-state index contributed by atoms with van der Waals surface area (Å²) in [5.41, 5.74) is 3.54. The minimum Gasteiger partial charge on any atom is -0.451 e. The van der Waals surface area contributed by atoms with Gasteiger partial charge in [0.25, 0.3) is 0 Å². The molecule has 0 unspecified atom stereocenters. The first-order valence-corrected chi connectivity index (χ1v) is 8.19. The van der Waals surface area contributed by atoms with Crippen molar-refractivity contribution < 1.29 is 4.42 Å². The zero-order valence-corrected chi connectivity index (χ0v) is 14.2. The van der Waals surface area contributed by atoms with E-state index in [1.807, 2.05) is 23.7 Å². The Kier molecular flexibility index (Phi) is 3.84. The third-order valence-corrected chi connectivity index (χ3v) is 5.41. The van der Waals surface area contributed by atoms with Crippen LogP contribution >= 0.6 is 54.8 Å². The molecule has 3 nitrogen and oxygen atoms in total. The molecule has 2 heterocycles. The Morgan fingerprint density at radius 3 is 2.95 bits per heavy atom. The van der Waals surface area contributed by atoms with Gasteiger partial charge in [-0.2, -0.15) is 0 Å². The Morgan fingerprint density at radius 1 is 1.37 bits per heavy atom. The summed E-state index contributed by atoms with van der Waals surface area (Å²) >= 11 is 14.5. The van der Waals surface area contributed by atoms with Gasteiger partial charge in [0.05, 0.1) is 31.9 Å². The van der Waals surface area contributed by atoms with Gasteiger partial charge in [0.1, 0.15) is 11.3 Å². The number of benzene rings is 1. The van der Waals surface area contributed by atoms with Gasteiger partial charge in [-0.3, -0.25) is 0 Å². The quantitative estimate of drug-likeness (QED) is 0.590. The van der Waals surface area contributed by atoms with E-state index in [0.29, 0.717) is 16.2 Å². The number of anilines is 1. The van der Waals surface area contributed by atoms with Crippen LogP contribution in [0.15, 0.2) is 37.3 Å². The van der Waals surface area contributed by atoms with Crippen LogP contribution in [-0.4, -0.2) is 4.98 Å². The highest BCUT2D eigenvalue weighted by Crippen LogP contribution is 2.33. The standard InChI is InChI=1S/C12H7Br2ClN2OS/c13-7-3-6(18-12(7)14)4-16-10-8(15)1-2-9-11(10)17-5-19-9/h1-3,5,16H,4H2. The molecule has 7 heteroatoms. The Balaban J connectivity index is 1.89. The van der Waals surface area contributed by atoms with Gasteiger partial charge in [0.2, 0.25) is 0 Å². The smallest absolute Gasteiger partial charge is 0.183 e. The van der Waals surface area contributed by atoms with Gasteiger partial charge in [0, 0.05) is 0 Å². The van der Waals surface area contributed by atoms with Gasteiger partial charge in [-0.05, 0) is 50.1 Å². The molecule has 0 fully saturated rings. The lowest BCUT2D eigenvalue weighted by Gasteiger charge is -2.07. The molecule has 0 aliphatic carbocycles. The van der Waals surface area contributed by atoms with Crippen LogP contribution in [-0.2, 0) is 6.54 Å². The third-order valence-electron chi connectivity index (χ3n) is 2.59. The van der Waals surface area contributed by atoms with E-state index in [1.54, 1.807) is 11.3 Å². The average molecular weight is 423 g/mol. The maximum atomic E-state index is 6.22. The lowest BCUT2D eigenvalue weighted by Crippen LogP contribution is -1.99. The van der Waals surface area contributed by atoms with Gasteiger partial charge in [-0.15, -0.1) is 11.3 Å². The lowest BCUT2D eigenvalue weighted by atomic mass is 10.3. The minimum atomic E-state index is 0.542. The van der Waals surface area contributed by atoms with Crippen molar-refractivity contribution in [1.82, 2.24) is 4.98 Å². The maximum Gasteiger partial charge on any atom is 0.183 e. The molecule has 0 aliphatic rings. The fourth-order valence-electron chi connectivity index (χ4n) is 1.73. The molecule has 3 aromatic rings. The lowest BCUT2D eigenvalue weighted by molar-refractivity contribution is 0.494. The number of thiazole rings is 1. The first-order chi connectivity index (χ1) is 9.15. The highest BCUT2D eigenvalue weighted by Gasteiger charge is 2.10. The minimum absolute atomic E-state index is 0.542. The fourth-order valence-corrected chi connectivity index (χ4v) is 3.29. The molecule has 19 heavy (non-hydrogen) atoms. The van der Waals surface area contributed by atoms with Gasteiger partial charge in [-0.1, -0.05) is 11.6 Å². The molecule has 0 bridgehead atoms. The van der Waals surface area contributed by atoms with Crippen molar-refractivity contribution in [3.05, 3.63) is 43.6 Å². The molecule has 0 amide bonds. The monoisotopic (exact) mass is 420 g/mol. The van der Waals surface area contributed by atoms with Crippen LogP contribution in [0.2, 0.25) is 5.02 Å². The molecule has 0 saturated carbocycles. The van der Waals surface area contributed by atoms with Crippen molar-refractivity contribution in [3.63, 3.8) is 0 Å². The summed E-state index contributed by atoms with van der Waals surface area (Å²) < 4.78 is 8.19. The molecule has 1 aromatic carbocycles. The second-order valence-corrected chi connectivity index (χ2v) is 6.68. The topological polar surface area (TPSA) is 38.1 Å². The third kappa shape index (κ3) is 2.67. The summed E-state index contributed by atoms with van der Waals surface area (Å²) in [6.45, 7) is 0.542. The van der Waals surface area contributed by atoms with Crippen molar-refractivity contribution in [2.45, 2.75) is 6.54 Å². The van der Waals surface area contributed by atoms with Crippen LogP contribution in [0.1, 0.15) is 5.76 Å². The molecule has 98 valence electrons. The first-order valence-electron chi connectivity index (χ1n) is 5.34. The van der Waals surface area contributed by atoms with Crippen LogP contribution in [0.4, 0.5) is 5.69 Å². The van der Waals surface area contributed by atoms with Crippen LogP contribution in [0.3, 0.4) is 0 Å². The number of furan rings is 1. The van der Waals surface area contributed by atoms with Crippen LogP contribution in [0, 0.1) is 0 Å². The molecular formula is C12H7Br2ClN2OS. The number of rotatable bonds is 3. The zero-order valence-electron chi connectivity index (χ0n) is 9.41. The van der Waals surface area contributed by atoms with E-state index in [-0.39, 0.29) is 0 Å². The molecule has 0 spiro atoms. The summed E-state index contributed by atoms with van der Waals surface area (Å²) in [4.78, 5) is 4.34. The van der Waals surface area contributed by atoms with E-state index in [2.05, 4.69) is 42.2 Å². The van der Waals surface area contributed by atoms with Gasteiger partial charge >= 0.3 is 0 Å².